The van der Waals surface area contributed by atoms with E-state index in [1.165, 1.54) is 55.8 Å². The van der Waals surface area contributed by atoms with E-state index in [0.717, 1.165) is 48.9 Å². The molecular weight excluding hydrogens is 376 g/mol. The number of nitrogens with zero attached hydrogens (tertiary/aromatic N) is 4. The Kier molecular flexibility index (Phi) is 6.53. The van der Waals surface area contributed by atoms with Crippen LogP contribution in [0, 0.1) is 0 Å². The third-order valence-corrected chi connectivity index (χ3v) is 6.72. The first-order chi connectivity index (χ1) is 14.2. The predicted molar refractivity (Wildman–Crippen MR) is 130 cm³/mol. The number of aliphatic imine (C=N–C) groups is 1. The summed E-state index contributed by atoms with van der Waals surface area (Å²) in [6, 6.07) is 4.60. The largest absolute Gasteiger partial charge is 0.372 e. The topological polar surface area (TPSA) is 22.1 Å². The quantitative estimate of drug-likeness (QED) is 0.643. The molecule has 1 aliphatic carbocycles. The van der Waals surface area contributed by atoms with Crippen LogP contribution in [0.25, 0.3) is 0 Å². The zero-order valence-electron chi connectivity index (χ0n) is 18.0. The van der Waals surface area contributed by atoms with Crippen molar-refractivity contribution in [2.24, 2.45) is 4.99 Å². The van der Waals surface area contributed by atoms with Crippen molar-refractivity contribution < 1.29 is 0 Å². The first-order valence-electron chi connectivity index (χ1n) is 11.3. The van der Waals surface area contributed by atoms with Crippen LogP contribution in [-0.2, 0) is 12.6 Å². The molecule has 0 amide bonds. The Balaban J connectivity index is 1.63. The number of allylic oxidation sites excluding steroid dienone is 3. The highest BCUT2D eigenvalue weighted by molar-refractivity contribution is 7.59. The molecule has 2 aliphatic heterocycles. The Bertz CT molecular complexity index is 810. The number of hydrogen-bond acceptors (Lipinski definition) is 4. The average molecular weight is 412 g/mol. The minimum absolute atomic E-state index is 0.902. The lowest BCUT2D eigenvalue weighted by Gasteiger charge is -2.26. The minimum atomic E-state index is 0.902. The lowest BCUT2D eigenvalue weighted by atomic mass is 10.1. The summed E-state index contributed by atoms with van der Waals surface area (Å²) < 4.78 is 0. The smallest absolute Gasteiger partial charge is 0.180 e. The van der Waals surface area contributed by atoms with Gasteiger partial charge in [0.05, 0.1) is 5.69 Å². The second-order valence-corrected chi connectivity index (χ2v) is 8.73. The summed E-state index contributed by atoms with van der Waals surface area (Å²) in [5.41, 5.74) is 6.11. The van der Waals surface area contributed by atoms with Crippen molar-refractivity contribution in [3.05, 3.63) is 36.1 Å². The van der Waals surface area contributed by atoms with E-state index >= 15 is 0 Å². The van der Waals surface area contributed by atoms with Crippen LogP contribution in [0.15, 0.2) is 45.9 Å². The van der Waals surface area contributed by atoms with Crippen molar-refractivity contribution in [3.8, 4) is 0 Å². The number of hydrogen-bond donors (Lipinski definition) is 0. The monoisotopic (exact) mass is 411 g/mol. The molecule has 3 aliphatic rings. The number of benzene rings is 1. The fourth-order valence-electron chi connectivity index (χ4n) is 4.65. The Hall–Kier alpha value is -1.88. The molecule has 4 nitrogen and oxygen atoms in total. The summed E-state index contributed by atoms with van der Waals surface area (Å²) in [6.45, 7) is 11.1. The summed E-state index contributed by atoms with van der Waals surface area (Å²) >= 11 is 3.92. The molecule has 0 atom stereocenters. The number of likely N-dealkylation sites (tertiary alicyclic amines) is 1. The van der Waals surface area contributed by atoms with Crippen LogP contribution >= 0.6 is 0 Å². The second-order valence-electron chi connectivity index (χ2n) is 8.19. The van der Waals surface area contributed by atoms with Crippen molar-refractivity contribution in [1.29, 1.82) is 0 Å². The molecule has 0 radical (unpaired) electrons. The zero-order valence-corrected chi connectivity index (χ0v) is 19.0. The molecule has 0 saturated carbocycles. The van der Waals surface area contributed by atoms with Gasteiger partial charge in [0, 0.05) is 68.9 Å². The molecule has 0 aromatic heterocycles. The standard InChI is InChI=1S/C24H34N4S/c1-3-26(4-2)22-17-21(28-15-7-8-16-28)18-23(29)24(22)25-19-9-11-20(12-10-19)27-13-5-6-14-27/h9,11-12,17-18,29H,3-8,10,13-16H2,1-2H3/p+1. The first kappa shape index (κ1) is 20.4. The summed E-state index contributed by atoms with van der Waals surface area (Å²) in [6.07, 6.45) is 12.9. The van der Waals surface area contributed by atoms with Crippen molar-refractivity contribution in [2.45, 2.75) is 50.8 Å². The molecule has 0 N–H and O–H groups in total. The first-order valence-corrected chi connectivity index (χ1v) is 11.8. The predicted octanol–water partition coefficient (Wildman–Crippen LogP) is 4.52. The van der Waals surface area contributed by atoms with Gasteiger partial charge in [-0.2, -0.15) is 0 Å². The van der Waals surface area contributed by atoms with Crippen LogP contribution in [0.1, 0.15) is 46.0 Å². The second kappa shape index (κ2) is 9.29. The maximum Gasteiger partial charge on any atom is 0.180 e. The van der Waals surface area contributed by atoms with E-state index < -0.39 is 0 Å². The lowest BCUT2D eigenvalue weighted by Crippen LogP contribution is -2.24. The van der Waals surface area contributed by atoms with Crippen LogP contribution < -0.4 is 9.80 Å². The fraction of sp³-hybridized carbons (Fsp3) is 0.542. The van der Waals surface area contributed by atoms with Crippen LogP contribution in [0.3, 0.4) is 0 Å². The van der Waals surface area contributed by atoms with Crippen molar-refractivity contribution in [2.75, 3.05) is 49.1 Å². The Labute approximate surface area is 181 Å². The zero-order chi connectivity index (χ0) is 20.2. The molecule has 2 fully saturated rings. The maximum atomic E-state index is 5.12. The SMILES string of the molecule is CCN(CC)c1cc(N2CCCC2)cc([SH2+])c1N=C1C=CC(N2CCCC2)=CC1. The van der Waals surface area contributed by atoms with Crippen LogP contribution in [-0.4, -0.2) is 49.9 Å². The molecular formula is C24H35N4S+. The van der Waals surface area contributed by atoms with E-state index in [0.29, 0.717) is 0 Å². The van der Waals surface area contributed by atoms with Gasteiger partial charge >= 0.3 is 0 Å². The normalized spacial score (nSPS) is 20.7. The molecule has 4 rings (SSSR count). The highest BCUT2D eigenvalue weighted by Gasteiger charge is 2.21. The van der Waals surface area contributed by atoms with Crippen molar-refractivity contribution in [3.63, 3.8) is 0 Å². The average Bonchev–Trinajstić information content (AvgIpc) is 3.46. The Morgan fingerprint density at radius 1 is 0.931 bits per heavy atom. The highest BCUT2D eigenvalue weighted by atomic mass is 32.1. The van der Waals surface area contributed by atoms with Gasteiger partial charge in [0.15, 0.2) is 4.90 Å². The molecule has 0 bridgehead atoms. The van der Waals surface area contributed by atoms with E-state index in [1.807, 2.05) is 0 Å². The van der Waals surface area contributed by atoms with E-state index in [1.54, 1.807) is 0 Å². The van der Waals surface area contributed by atoms with Crippen molar-refractivity contribution in [1.82, 2.24) is 4.90 Å². The molecule has 0 spiro atoms. The fourth-order valence-corrected chi connectivity index (χ4v) is 4.98. The lowest BCUT2D eigenvalue weighted by molar-refractivity contribution is 0.439. The van der Waals surface area contributed by atoms with Crippen molar-refractivity contribution >= 4 is 35.4 Å². The third-order valence-electron chi connectivity index (χ3n) is 6.34. The van der Waals surface area contributed by atoms with Gasteiger partial charge in [-0.15, -0.1) is 0 Å². The van der Waals surface area contributed by atoms with E-state index in [2.05, 4.69) is 71.5 Å². The molecule has 0 unspecified atom stereocenters. The van der Waals surface area contributed by atoms with Gasteiger partial charge < -0.3 is 14.7 Å². The summed E-state index contributed by atoms with van der Waals surface area (Å²) in [5.74, 6) is 0. The molecule has 1 aromatic rings. The highest BCUT2D eigenvalue weighted by Crippen LogP contribution is 2.38. The van der Waals surface area contributed by atoms with Gasteiger partial charge in [0.1, 0.15) is 5.69 Å². The molecule has 5 heteroatoms. The van der Waals surface area contributed by atoms with Gasteiger partial charge in [-0.25, -0.2) is 4.99 Å². The number of rotatable bonds is 6. The molecule has 1 aromatic carbocycles. The molecule has 156 valence electrons. The van der Waals surface area contributed by atoms with Gasteiger partial charge in [-0.1, -0.05) is 6.08 Å². The molecule has 2 saturated heterocycles. The minimum Gasteiger partial charge on any atom is -0.372 e. The van der Waals surface area contributed by atoms with Gasteiger partial charge in [-0.05, 0) is 70.4 Å². The number of anilines is 2. The van der Waals surface area contributed by atoms with Crippen LogP contribution in [0.2, 0.25) is 0 Å². The van der Waals surface area contributed by atoms with Crippen LogP contribution in [0.4, 0.5) is 17.1 Å². The van der Waals surface area contributed by atoms with Gasteiger partial charge in [0.2, 0.25) is 0 Å². The Morgan fingerprint density at radius 3 is 2.17 bits per heavy atom. The van der Waals surface area contributed by atoms with Crippen LogP contribution in [0.5, 0.6) is 0 Å². The van der Waals surface area contributed by atoms with E-state index in [9.17, 15) is 0 Å². The van der Waals surface area contributed by atoms with E-state index in [4.69, 9.17) is 4.99 Å². The summed E-state index contributed by atoms with van der Waals surface area (Å²) in [7, 11) is 0. The summed E-state index contributed by atoms with van der Waals surface area (Å²) in [5, 5.41) is 0. The molecule has 2 heterocycles. The summed E-state index contributed by atoms with van der Waals surface area (Å²) in [4.78, 5) is 13.6. The van der Waals surface area contributed by atoms with Gasteiger partial charge in [-0.3, -0.25) is 0 Å². The Morgan fingerprint density at radius 2 is 1.59 bits per heavy atom. The maximum absolute atomic E-state index is 5.12. The van der Waals surface area contributed by atoms with E-state index in [-0.39, 0.29) is 0 Å². The molecule has 29 heavy (non-hydrogen) atoms. The third kappa shape index (κ3) is 4.50. The van der Waals surface area contributed by atoms with Gasteiger partial charge in [0.25, 0.3) is 0 Å².